The second-order valence-electron chi connectivity index (χ2n) is 6.45. The second-order valence-corrected chi connectivity index (χ2v) is 6.86. The Morgan fingerprint density at radius 3 is 2.42 bits per heavy atom. The number of hydrogen-bond donors (Lipinski definition) is 2. The van der Waals surface area contributed by atoms with Gasteiger partial charge in [0.15, 0.2) is 0 Å². The van der Waals surface area contributed by atoms with Crippen molar-refractivity contribution in [3.8, 4) is 0 Å². The van der Waals surface area contributed by atoms with Crippen LogP contribution in [0, 0.1) is 5.82 Å². The zero-order valence-electron chi connectivity index (χ0n) is 14.6. The normalized spacial score (nSPS) is 14.2. The number of anilines is 3. The molecular formula is C20H23ClFN3O. The van der Waals surface area contributed by atoms with Crippen LogP contribution in [-0.2, 0) is 4.79 Å². The summed E-state index contributed by atoms with van der Waals surface area (Å²) in [6, 6.07) is 12.5. The number of amides is 1. The fourth-order valence-corrected chi connectivity index (χ4v) is 3.24. The molecule has 1 heterocycles. The van der Waals surface area contributed by atoms with Crippen molar-refractivity contribution in [3.05, 3.63) is 53.3 Å². The summed E-state index contributed by atoms with van der Waals surface area (Å²) in [5.74, 6) is -0.649. The van der Waals surface area contributed by atoms with Gasteiger partial charge in [-0.15, -0.1) is 0 Å². The molecule has 2 aromatic carbocycles. The average molecular weight is 376 g/mol. The third-order valence-electron chi connectivity index (χ3n) is 4.47. The van der Waals surface area contributed by atoms with E-state index in [1.807, 2.05) is 12.1 Å². The molecule has 138 valence electrons. The molecule has 0 saturated carbocycles. The van der Waals surface area contributed by atoms with Crippen LogP contribution in [0.3, 0.4) is 0 Å². The van der Waals surface area contributed by atoms with Gasteiger partial charge in [0.25, 0.3) is 0 Å². The van der Waals surface area contributed by atoms with Crippen LogP contribution in [-0.4, -0.2) is 25.5 Å². The number of hydrogen-bond acceptors (Lipinski definition) is 3. The molecule has 1 amide bonds. The largest absolute Gasteiger partial charge is 0.385 e. The third kappa shape index (κ3) is 5.11. The predicted molar refractivity (Wildman–Crippen MR) is 106 cm³/mol. The molecule has 1 aliphatic rings. The number of nitrogens with zero attached hydrogens (tertiary/aromatic N) is 1. The molecule has 0 bridgehead atoms. The predicted octanol–water partition coefficient (Wildman–Crippen LogP) is 4.91. The molecule has 0 atom stereocenters. The highest BCUT2D eigenvalue weighted by Gasteiger charge is 2.10. The fourth-order valence-electron chi connectivity index (χ4n) is 3.06. The van der Waals surface area contributed by atoms with Crippen molar-refractivity contribution in [2.24, 2.45) is 0 Å². The number of carbonyl (C=O) groups excluding carboxylic acids is 1. The standard InChI is InChI=1S/C20H23ClFN3O/c21-18-14-16(6-9-19(18)22)24-20(26)10-11-23-15-4-7-17(8-5-15)25-12-2-1-3-13-25/h4-9,14,23H,1-3,10-13H2,(H,24,26). The van der Waals surface area contributed by atoms with Gasteiger partial charge in [-0.25, -0.2) is 4.39 Å². The van der Waals surface area contributed by atoms with Gasteiger partial charge in [0.05, 0.1) is 5.02 Å². The summed E-state index contributed by atoms with van der Waals surface area (Å²) in [6.07, 6.45) is 4.15. The van der Waals surface area contributed by atoms with Crippen molar-refractivity contribution in [1.82, 2.24) is 0 Å². The van der Waals surface area contributed by atoms with E-state index in [-0.39, 0.29) is 10.9 Å². The minimum Gasteiger partial charge on any atom is -0.385 e. The Morgan fingerprint density at radius 1 is 1.04 bits per heavy atom. The Balaban J connectivity index is 1.43. The summed E-state index contributed by atoms with van der Waals surface area (Å²) in [5, 5.41) is 5.95. The molecule has 3 rings (SSSR count). The quantitative estimate of drug-likeness (QED) is 0.754. The highest BCUT2D eigenvalue weighted by molar-refractivity contribution is 6.31. The van der Waals surface area contributed by atoms with Crippen LogP contribution in [0.15, 0.2) is 42.5 Å². The Hall–Kier alpha value is -2.27. The van der Waals surface area contributed by atoms with Crippen molar-refractivity contribution < 1.29 is 9.18 Å². The lowest BCUT2D eigenvalue weighted by Crippen LogP contribution is -2.29. The molecule has 1 aliphatic heterocycles. The molecule has 26 heavy (non-hydrogen) atoms. The smallest absolute Gasteiger partial charge is 0.226 e. The minimum atomic E-state index is -0.501. The summed E-state index contributed by atoms with van der Waals surface area (Å²) in [7, 11) is 0. The van der Waals surface area contributed by atoms with Gasteiger partial charge in [0.1, 0.15) is 5.82 Å². The van der Waals surface area contributed by atoms with Gasteiger partial charge >= 0.3 is 0 Å². The lowest BCUT2D eigenvalue weighted by molar-refractivity contribution is -0.115. The first kappa shape index (κ1) is 18.5. The van der Waals surface area contributed by atoms with Crippen molar-refractivity contribution in [2.45, 2.75) is 25.7 Å². The number of benzene rings is 2. The van der Waals surface area contributed by atoms with Crippen LogP contribution in [0.5, 0.6) is 0 Å². The van der Waals surface area contributed by atoms with E-state index >= 15 is 0 Å². The van der Waals surface area contributed by atoms with Gasteiger partial charge < -0.3 is 15.5 Å². The van der Waals surface area contributed by atoms with E-state index in [0.29, 0.717) is 18.7 Å². The summed E-state index contributed by atoms with van der Waals surface area (Å²) < 4.78 is 13.1. The molecule has 0 unspecified atom stereocenters. The van der Waals surface area contributed by atoms with Crippen molar-refractivity contribution in [3.63, 3.8) is 0 Å². The summed E-state index contributed by atoms with van der Waals surface area (Å²) in [4.78, 5) is 14.4. The van der Waals surface area contributed by atoms with Gasteiger partial charge in [0, 0.05) is 43.1 Å². The molecular weight excluding hydrogens is 353 g/mol. The summed E-state index contributed by atoms with van der Waals surface area (Å²) in [5.41, 5.74) is 2.73. The highest BCUT2D eigenvalue weighted by atomic mass is 35.5. The lowest BCUT2D eigenvalue weighted by Gasteiger charge is -2.28. The van der Waals surface area contributed by atoms with E-state index in [1.54, 1.807) is 0 Å². The Labute approximate surface area is 158 Å². The maximum Gasteiger partial charge on any atom is 0.226 e. The van der Waals surface area contributed by atoms with Gasteiger partial charge in [-0.2, -0.15) is 0 Å². The van der Waals surface area contributed by atoms with Gasteiger partial charge in [-0.05, 0) is 61.7 Å². The number of nitrogens with one attached hydrogen (secondary N) is 2. The van der Waals surface area contributed by atoms with Crippen molar-refractivity contribution in [2.75, 3.05) is 35.2 Å². The Bertz CT molecular complexity index is 745. The number of piperidine rings is 1. The summed E-state index contributed by atoms with van der Waals surface area (Å²) >= 11 is 5.71. The maximum atomic E-state index is 13.1. The van der Waals surface area contributed by atoms with E-state index in [9.17, 15) is 9.18 Å². The molecule has 1 saturated heterocycles. The van der Waals surface area contributed by atoms with Crippen LogP contribution in [0.1, 0.15) is 25.7 Å². The third-order valence-corrected chi connectivity index (χ3v) is 4.76. The SMILES string of the molecule is O=C(CCNc1ccc(N2CCCCC2)cc1)Nc1ccc(F)c(Cl)c1. The summed E-state index contributed by atoms with van der Waals surface area (Å²) in [6.45, 7) is 2.77. The first-order chi connectivity index (χ1) is 12.6. The van der Waals surface area contributed by atoms with Crippen LogP contribution in [0.2, 0.25) is 5.02 Å². The molecule has 0 spiro atoms. The highest BCUT2D eigenvalue weighted by Crippen LogP contribution is 2.22. The first-order valence-electron chi connectivity index (χ1n) is 8.95. The second kappa shape index (κ2) is 8.90. The van der Waals surface area contributed by atoms with E-state index in [4.69, 9.17) is 11.6 Å². The molecule has 0 radical (unpaired) electrons. The molecule has 0 aliphatic carbocycles. The van der Waals surface area contributed by atoms with Crippen LogP contribution in [0.25, 0.3) is 0 Å². The maximum absolute atomic E-state index is 13.1. The van der Waals surface area contributed by atoms with E-state index in [0.717, 1.165) is 18.8 Å². The van der Waals surface area contributed by atoms with Gasteiger partial charge in [-0.3, -0.25) is 4.79 Å². The minimum absolute atomic E-state index is 0.00489. The van der Waals surface area contributed by atoms with Crippen molar-refractivity contribution in [1.29, 1.82) is 0 Å². The van der Waals surface area contributed by atoms with Crippen LogP contribution < -0.4 is 15.5 Å². The van der Waals surface area contributed by atoms with Crippen molar-refractivity contribution >= 4 is 34.6 Å². The van der Waals surface area contributed by atoms with E-state index in [2.05, 4.69) is 27.7 Å². The lowest BCUT2D eigenvalue weighted by atomic mass is 10.1. The fraction of sp³-hybridized carbons (Fsp3) is 0.350. The monoisotopic (exact) mass is 375 g/mol. The molecule has 6 heteroatoms. The van der Waals surface area contributed by atoms with Crippen LogP contribution in [0.4, 0.5) is 21.5 Å². The van der Waals surface area contributed by atoms with E-state index < -0.39 is 5.82 Å². The number of carbonyl (C=O) groups is 1. The number of rotatable bonds is 6. The molecule has 4 nitrogen and oxygen atoms in total. The number of halogens is 2. The average Bonchev–Trinajstić information content (AvgIpc) is 2.66. The Morgan fingerprint density at radius 2 is 1.73 bits per heavy atom. The zero-order valence-corrected chi connectivity index (χ0v) is 15.4. The molecule has 0 aromatic heterocycles. The zero-order chi connectivity index (χ0) is 18.4. The molecule has 2 aromatic rings. The van der Waals surface area contributed by atoms with Gasteiger partial charge in [0.2, 0.25) is 5.91 Å². The molecule has 2 N–H and O–H groups in total. The van der Waals surface area contributed by atoms with E-state index in [1.165, 1.54) is 43.1 Å². The Kier molecular flexibility index (Phi) is 6.34. The topological polar surface area (TPSA) is 44.4 Å². The van der Waals surface area contributed by atoms with Gasteiger partial charge in [-0.1, -0.05) is 11.6 Å². The first-order valence-corrected chi connectivity index (χ1v) is 9.33. The molecule has 1 fully saturated rings. The van der Waals surface area contributed by atoms with Crippen LogP contribution >= 0.6 is 11.6 Å².